The molecule has 5 heteroatoms. The lowest BCUT2D eigenvalue weighted by Gasteiger charge is -2.24. The van der Waals surface area contributed by atoms with Crippen molar-refractivity contribution in [1.82, 2.24) is 10.3 Å². The van der Waals surface area contributed by atoms with Gasteiger partial charge in [-0.15, -0.1) is 0 Å². The molecule has 0 radical (unpaired) electrons. The summed E-state index contributed by atoms with van der Waals surface area (Å²) in [6, 6.07) is 14.4. The lowest BCUT2D eigenvalue weighted by Crippen LogP contribution is -2.39. The zero-order valence-corrected chi connectivity index (χ0v) is 14.3. The molecule has 128 valence electrons. The minimum absolute atomic E-state index is 0.174. The van der Waals surface area contributed by atoms with Crippen LogP contribution in [0.15, 0.2) is 60.9 Å². The van der Waals surface area contributed by atoms with Crippen molar-refractivity contribution in [2.45, 2.75) is 19.0 Å². The van der Waals surface area contributed by atoms with Crippen LogP contribution >= 0.6 is 0 Å². The number of pyridine rings is 1. The van der Waals surface area contributed by atoms with E-state index in [1.165, 1.54) is 0 Å². The highest BCUT2D eigenvalue weighted by atomic mass is 16.5. The van der Waals surface area contributed by atoms with E-state index >= 15 is 0 Å². The smallest absolute Gasteiger partial charge is 0.251 e. The molecule has 1 amide bonds. The van der Waals surface area contributed by atoms with Gasteiger partial charge in [0.05, 0.1) is 13.2 Å². The van der Waals surface area contributed by atoms with Crippen molar-refractivity contribution in [3.63, 3.8) is 0 Å². The van der Waals surface area contributed by atoms with Gasteiger partial charge >= 0.3 is 0 Å². The third kappa shape index (κ3) is 3.61. The number of nitrogens with one attached hydrogen (secondary N) is 1. The van der Waals surface area contributed by atoms with Crippen LogP contribution in [0.3, 0.4) is 0 Å². The summed E-state index contributed by atoms with van der Waals surface area (Å²) in [5.74, 6) is 0.529. The Kier molecular flexibility index (Phi) is 4.95. The Bertz CT molecular complexity index is 893. The average Bonchev–Trinajstić information content (AvgIpc) is 2.65. The number of hydrogen-bond acceptors (Lipinski definition) is 4. The van der Waals surface area contributed by atoms with Gasteiger partial charge in [-0.2, -0.15) is 0 Å². The lowest BCUT2D eigenvalue weighted by molar-refractivity contribution is 0.0931. The van der Waals surface area contributed by atoms with Crippen molar-refractivity contribution in [2.75, 3.05) is 7.11 Å². The van der Waals surface area contributed by atoms with E-state index in [1.807, 2.05) is 49.4 Å². The summed E-state index contributed by atoms with van der Waals surface area (Å²) in [5.41, 5.74) is 7.57. The fraction of sp³-hybridized carbons (Fsp3) is 0.200. The van der Waals surface area contributed by atoms with Crippen LogP contribution in [-0.2, 0) is 0 Å². The summed E-state index contributed by atoms with van der Waals surface area (Å²) in [4.78, 5) is 16.8. The zero-order valence-electron chi connectivity index (χ0n) is 14.3. The van der Waals surface area contributed by atoms with Crippen LogP contribution in [-0.4, -0.2) is 24.0 Å². The van der Waals surface area contributed by atoms with Crippen LogP contribution in [0.1, 0.15) is 28.9 Å². The molecule has 0 saturated heterocycles. The molecule has 3 N–H and O–H groups in total. The van der Waals surface area contributed by atoms with Crippen molar-refractivity contribution in [3.8, 4) is 5.75 Å². The van der Waals surface area contributed by atoms with Gasteiger partial charge < -0.3 is 15.8 Å². The van der Waals surface area contributed by atoms with Crippen molar-refractivity contribution in [3.05, 3.63) is 72.1 Å². The van der Waals surface area contributed by atoms with E-state index in [2.05, 4.69) is 10.3 Å². The summed E-state index contributed by atoms with van der Waals surface area (Å²) < 4.78 is 5.41. The van der Waals surface area contributed by atoms with Gasteiger partial charge in [-0.05, 0) is 36.6 Å². The highest BCUT2D eigenvalue weighted by Gasteiger charge is 2.22. The van der Waals surface area contributed by atoms with Crippen LogP contribution in [0, 0.1) is 0 Å². The van der Waals surface area contributed by atoms with E-state index in [-0.39, 0.29) is 18.0 Å². The van der Waals surface area contributed by atoms with Crippen LogP contribution in [0.4, 0.5) is 0 Å². The number of benzene rings is 2. The molecule has 0 aliphatic carbocycles. The van der Waals surface area contributed by atoms with Gasteiger partial charge in [0, 0.05) is 34.9 Å². The molecule has 1 heterocycles. The molecular formula is C20H21N3O2. The third-order valence-electron chi connectivity index (χ3n) is 4.19. The molecule has 3 rings (SSSR count). The molecule has 1 aromatic heterocycles. The minimum Gasteiger partial charge on any atom is -0.496 e. The van der Waals surface area contributed by atoms with Crippen LogP contribution in [0.25, 0.3) is 10.8 Å². The molecule has 0 aliphatic heterocycles. The quantitative estimate of drug-likeness (QED) is 0.751. The number of hydrogen-bond donors (Lipinski definition) is 2. The number of nitrogens with two attached hydrogens (primary N) is 1. The Morgan fingerprint density at radius 2 is 1.96 bits per heavy atom. The predicted octanol–water partition coefficient (Wildman–Crippen LogP) is 3.06. The first kappa shape index (κ1) is 16.9. The second-order valence-corrected chi connectivity index (χ2v) is 5.99. The second-order valence-electron chi connectivity index (χ2n) is 5.99. The fourth-order valence-corrected chi connectivity index (χ4v) is 2.86. The number of fused-ring (bicyclic) bond motifs is 1. The number of ether oxygens (including phenoxy) is 1. The summed E-state index contributed by atoms with van der Waals surface area (Å²) >= 11 is 0. The van der Waals surface area contributed by atoms with Gasteiger partial charge in [-0.25, -0.2) is 0 Å². The van der Waals surface area contributed by atoms with Crippen molar-refractivity contribution in [1.29, 1.82) is 0 Å². The number of rotatable bonds is 5. The van der Waals surface area contributed by atoms with E-state index in [0.717, 1.165) is 16.3 Å². The summed E-state index contributed by atoms with van der Waals surface area (Å²) in [5, 5.41) is 4.99. The van der Waals surface area contributed by atoms with E-state index < -0.39 is 0 Å². The van der Waals surface area contributed by atoms with Gasteiger partial charge in [-0.1, -0.05) is 24.3 Å². The van der Waals surface area contributed by atoms with Crippen molar-refractivity contribution in [2.24, 2.45) is 5.73 Å². The maximum Gasteiger partial charge on any atom is 0.251 e. The van der Waals surface area contributed by atoms with Crippen LogP contribution in [0.2, 0.25) is 0 Å². The molecule has 0 saturated carbocycles. The molecule has 2 aromatic carbocycles. The number of methoxy groups -OCH3 is 1. The normalized spacial score (nSPS) is 13.2. The second kappa shape index (κ2) is 7.32. The Balaban J connectivity index is 1.89. The maximum absolute atomic E-state index is 12.8. The number of aromatic nitrogens is 1. The Morgan fingerprint density at radius 3 is 2.72 bits per heavy atom. The van der Waals surface area contributed by atoms with E-state index in [9.17, 15) is 4.79 Å². The Labute approximate surface area is 146 Å². The highest BCUT2D eigenvalue weighted by Crippen LogP contribution is 2.27. The molecular weight excluding hydrogens is 314 g/mol. The summed E-state index contributed by atoms with van der Waals surface area (Å²) in [6.45, 7) is 1.86. The Morgan fingerprint density at radius 1 is 1.16 bits per heavy atom. The molecule has 0 aliphatic rings. The summed E-state index contributed by atoms with van der Waals surface area (Å²) in [7, 11) is 1.61. The van der Waals surface area contributed by atoms with E-state index in [4.69, 9.17) is 10.5 Å². The zero-order chi connectivity index (χ0) is 17.8. The van der Waals surface area contributed by atoms with E-state index in [0.29, 0.717) is 11.3 Å². The highest BCUT2D eigenvalue weighted by molar-refractivity contribution is 5.98. The number of amides is 1. The van der Waals surface area contributed by atoms with Gasteiger partial charge in [0.15, 0.2) is 0 Å². The first-order valence-corrected chi connectivity index (χ1v) is 8.13. The first-order valence-electron chi connectivity index (χ1n) is 8.13. The number of nitrogens with zero attached hydrogens (tertiary/aromatic N) is 1. The number of carbonyl (C=O) groups is 1. The minimum atomic E-state index is -0.350. The molecule has 5 nitrogen and oxygen atoms in total. The largest absolute Gasteiger partial charge is 0.496 e. The molecule has 0 bridgehead atoms. The third-order valence-corrected chi connectivity index (χ3v) is 4.19. The monoisotopic (exact) mass is 335 g/mol. The summed E-state index contributed by atoms with van der Waals surface area (Å²) in [6.07, 6.45) is 3.49. The molecule has 3 aromatic rings. The number of carbonyl (C=O) groups excluding carboxylic acids is 1. The van der Waals surface area contributed by atoms with Crippen LogP contribution < -0.4 is 15.8 Å². The number of para-hydroxylation sites is 1. The molecule has 0 spiro atoms. The van der Waals surface area contributed by atoms with Gasteiger partial charge in [0.2, 0.25) is 0 Å². The maximum atomic E-state index is 12.8. The standard InChI is InChI=1S/C20H21N3O2/c1-13(21)19(17-5-3-4-6-18(17)25-2)23-20(24)15-7-8-16-12-22-10-9-14(16)11-15/h3-13,19H,21H2,1-2H3,(H,23,24). The molecule has 0 fully saturated rings. The topological polar surface area (TPSA) is 77.2 Å². The van der Waals surface area contributed by atoms with E-state index in [1.54, 1.807) is 25.6 Å². The van der Waals surface area contributed by atoms with Gasteiger partial charge in [0.1, 0.15) is 5.75 Å². The molecule has 25 heavy (non-hydrogen) atoms. The molecule has 2 atom stereocenters. The van der Waals surface area contributed by atoms with Crippen LogP contribution in [0.5, 0.6) is 5.75 Å². The fourth-order valence-electron chi connectivity index (χ4n) is 2.86. The van der Waals surface area contributed by atoms with Crippen molar-refractivity contribution >= 4 is 16.7 Å². The van der Waals surface area contributed by atoms with Gasteiger partial charge in [0.25, 0.3) is 5.91 Å². The lowest BCUT2D eigenvalue weighted by atomic mass is 9.99. The Hall–Kier alpha value is -2.92. The average molecular weight is 335 g/mol. The SMILES string of the molecule is COc1ccccc1C(NC(=O)c1ccc2cnccc2c1)C(C)N. The van der Waals surface area contributed by atoms with Crippen molar-refractivity contribution < 1.29 is 9.53 Å². The van der Waals surface area contributed by atoms with Gasteiger partial charge in [-0.3, -0.25) is 9.78 Å². The molecule has 2 unspecified atom stereocenters. The predicted molar refractivity (Wildman–Crippen MR) is 98.6 cm³/mol. The first-order chi connectivity index (χ1) is 12.1.